The van der Waals surface area contributed by atoms with E-state index in [0.717, 1.165) is 22.7 Å². The monoisotopic (exact) mass is 273 g/mol. The third-order valence-electron chi connectivity index (χ3n) is 3.10. The highest BCUT2D eigenvalue weighted by Crippen LogP contribution is 2.14. The molecule has 0 saturated heterocycles. The molecule has 1 aromatic heterocycles. The Bertz CT molecular complexity index is 559. The third-order valence-corrected chi connectivity index (χ3v) is 3.10. The fraction of sp³-hybridized carbons (Fsp3) is 0.333. The van der Waals surface area contributed by atoms with Crippen LogP contribution < -0.4 is 10.6 Å². The lowest BCUT2D eigenvalue weighted by Gasteiger charge is -2.14. The number of nitrogens with one attached hydrogen (secondary N) is 2. The molecule has 0 aliphatic heterocycles. The van der Waals surface area contributed by atoms with Gasteiger partial charge in [-0.25, -0.2) is 4.79 Å². The van der Waals surface area contributed by atoms with Crippen molar-refractivity contribution in [1.82, 2.24) is 10.5 Å². The lowest BCUT2D eigenvalue weighted by molar-refractivity contribution is 0.249. The van der Waals surface area contributed by atoms with Crippen LogP contribution in [-0.2, 0) is 6.42 Å². The molecule has 0 saturated carbocycles. The minimum Gasteiger partial charge on any atom is -0.361 e. The number of nitrogens with zero attached hydrogens (tertiary/aromatic N) is 1. The molecule has 2 aromatic rings. The van der Waals surface area contributed by atoms with E-state index in [4.69, 9.17) is 4.52 Å². The number of hydrogen-bond acceptors (Lipinski definition) is 3. The molecule has 20 heavy (non-hydrogen) atoms. The molecule has 0 aliphatic carbocycles. The Morgan fingerprint density at radius 3 is 2.60 bits per heavy atom. The summed E-state index contributed by atoms with van der Waals surface area (Å²) >= 11 is 0. The van der Waals surface area contributed by atoms with E-state index in [1.807, 2.05) is 51.1 Å². The van der Waals surface area contributed by atoms with Crippen molar-refractivity contribution in [2.45, 2.75) is 33.2 Å². The first-order chi connectivity index (χ1) is 9.56. The van der Waals surface area contributed by atoms with Gasteiger partial charge >= 0.3 is 6.03 Å². The number of para-hydroxylation sites is 1. The number of hydrogen-bond donors (Lipinski definition) is 2. The van der Waals surface area contributed by atoms with E-state index in [1.54, 1.807) is 0 Å². The number of anilines is 1. The van der Waals surface area contributed by atoms with Crippen LogP contribution in [-0.4, -0.2) is 17.2 Å². The molecule has 2 rings (SSSR count). The Morgan fingerprint density at radius 2 is 2.00 bits per heavy atom. The fourth-order valence-electron chi connectivity index (χ4n) is 2.06. The Morgan fingerprint density at radius 1 is 1.30 bits per heavy atom. The molecule has 2 amide bonds. The van der Waals surface area contributed by atoms with Crippen LogP contribution in [0.4, 0.5) is 10.5 Å². The van der Waals surface area contributed by atoms with Crippen LogP contribution >= 0.6 is 0 Å². The predicted octanol–water partition coefficient (Wildman–Crippen LogP) is 3.04. The second kappa shape index (κ2) is 6.23. The van der Waals surface area contributed by atoms with Gasteiger partial charge in [-0.2, -0.15) is 0 Å². The first-order valence-electron chi connectivity index (χ1n) is 6.60. The van der Waals surface area contributed by atoms with Crippen molar-refractivity contribution < 1.29 is 9.32 Å². The summed E-state index contributed by atoms with van der Waals surface area (Å²) in [6.45, 7) is 5.74. The maximum atomic E-state index is 11.9. The Balaban J connectivity index is 1.88. The summed E-state index contributed by atoms with van der Waals surface area (Å²) in [5, 5.41) is 9.61. The van der Waals surface area contributed by atoms with Crippen molar-refractivity contribution in [2.24, 2.45) is 0 Å². The van der Waals surface area contributed by atoms with E-state index in [-0.39, 0.29) is 12.1 Å². The van der Waals surface area contributed by atoms with Crippen LogP contribution in [0.15, 0.2) is 34.9 Å². The standard InChI is InChI=1S/C15H19N3O2/c1-10(9-14-11(2)18-20-12(14)3)16-15(19)17-13-7-5-4-6-8-13/h4-8,10H,9H2,1-3H3,(H2,16,17,19). The van der Waals surface area contributed by atoms with Crippen molar-refractivity contribution in [3.05, 3.63) is 47.3 Å². The second-order valence-corrected chi connectivity index (χ2v) is 4.87. The van der Waals surface area contributed by atoms with E-state index in [0.29, 0.717) is 6.42 Å². The van der Waals surface area contributed by atoms with Gasteiger partial charge in [0.15, 0.2) is 0 Å². The summed E-state index contributed by atoms with van der Waals surface area (Å²) in [5.74, 6) is 0.805. The van der Waals surface area contributed by atoms with Crippen LogP contribution in [0.2, 0.25) is 0 Å². The number of aryl methyl sites for hydroxylation is 2. The average molecular weight is 273 g/mol. The zero-order valence-corrected chi connectivity index (χ0v) is 11.9. The summed E-state index contributed by atoms with van der Waals surface area (Å²) < 4.78 is 5.12. The highest BCUT2D eigenvalue weighted by molar-refractivity contribution is 5.89. The zero-order chi connectivity index (χ0) is 14.5. The molecule has 0 bridgehead atoms. The van der Waals surface area contributed by atoms with Gasteiger partial charge in [-0.1, -0.05) is 23.4 Å². The highest BCUT2D eigenvalue weighted by atomic mass is 16.5. The van der Waals surface area contributed by atoms with E-state index < -0.39 is 0 Å². The summed E-state index contributed by atoms with van der Waals surface area (Å²) in [4.78, 5) is 11.9. The largest absolute Gasteiger partial charge is 0.361 e. The molecule has 0 radical (unpaired) electrons. The van der Waals surface area contributed by atoms with Crippen LogP contribution in [0.25, 0.3) is 0 Å². The number of benzene rings is 1. The van der Waals surface area contributed by atoms with Crippen LogP contribution in [0.1, 0.15) is 23.9 Å². The van der Waals surface area contributed by atoms with Crippen molar-refractivity contribution >= 4 is 11.7 Å². The fourth-order valence-corrected chi connectivity index (χ4v) is 2.06. The van der Waals surface area contributed by atoms with E-state index in [1.165, 1.54) is 0 Å². The quantitative estimate of drug-likeness (QED) is 0.899. The molecular weight excluding hydrogens is 254 g/mol. The van der Waals surface area contributed by atoms with Crippen molar-refractivity contribution in [3.63, 3.8) is 0 Å². The molecule has 0 fully saturated rings. The molecule has 1 aromatic carbocycles. The first-order valence-corrected chi connectivity index (χ1v) is 6.60. The van der Waals surface area contributed by atoms with Gasteiger partial charge < -0.3 is 15.2 Å². The van der Waals surface area contributed by atoms with Gasteiger partial charge in [-0.15, -0.1) is 0 Å². The second-order valence-electron chi connectivity index (χ2n) is 4.87. The van der Waals surface area contributed by atoms with E-state index >= 15 is 0 Å². The topological polar surface area (TPSA) is 67.2 Å². The molecule has 1 atom stereocenters. The number of amides is 2. The first kappa shape index (κ1) is 14.1. The maximum Gasteiger partial charge on any atom is 0.319 e. The molecular formula is C15H19N3O2. The molecule has 5 nitrogen and oxygen atoms in total. The lowest BCUT2D eigenvalue weighted by Crippen LogP contribution is -2.37. The molecule has 5 heteroatoms. The van der Waals surface area contributed by atoms with Gasteiger partial charge in [0, 0.05) is 17.3 Å². The summed E-state index contributed by atoms with van der Waals surface area (Å²) in [6.07, 6.45) is 0.698. The molecule has 1 unspecified atom stereocenters. The van der Waals surface area contributed by atoms with E-state index in [2.05, 4.69) is 15.8 Å². The summed E-state index contributed by atoms with van der Waals surface area (Å²) in [5.41, 5.74) is 2.70. The number of aromatic nitrogens is 1. The SMILES string of the molecule is Cc1noc(C)c1CC(C)NC(=O)Nc1ccccc1. The molecule has 106 valence electrons. The molecule has 1 heterocycles. The normalized spacial score (nSPS) is 11.9. The van der Waals surface area contributed by atoms with Gasteiger partial charge in [-0.05, 0) is 39.3 Å². The van der Waals surface area contributed by atoms with Crippen LogP contribution in [0.5, 0.6) is 0 Å². The van der Waals surface area contributed by atoms with Gasteiger partial charge in [-0.3, -0.25) is 0 Å². The third kappa shape index (κ3) is 3.60. The van der Waals surface area contributed by atoms with Crippen LogP contribution in [0, 0.1) is 13.8 Å². The Hall–Kier alpha value is -2.30. The number of rotatable bonds is 4. The molecule has 0 spiro atoms. The van der Waals surface area contributed by atoms with Gasteiger partial charge in [0.2, 0.25) is 0 Å². The minimum atomic E-state index is -0.213. The predicted molar refractivity (Wildman–Crippen MR) is 77.7 cm³/mol. The Labute approximate surface area is 118 Å². The number of urea groups is 1. The number of carbonyl (C=O) groups excluding carboxylic acids is 1. The molecule has 0 aliphatic rings. The maximum absolute atomic E-state index is 11.9. The number of carbonyl (C=O) groups is 1. The Kier molecular flexibility index (Phi) is 4.40. The average Bonchev–Trinajstić information content (AvgIpc) is 2.71. The van der Waals surface area contributed by atoms with Gasteiger partial charge in [0.05, 0.1) is 5.69 Å². The smallest absolute Gasteiger partial charge is 0.319 e. The minimum absolute atomic E-state index is 0.00416. The van der Waals surface area contributed by atoms with Gasteiger partial charge in [0.25, 0.3) is 0 Å². The highest BCUT2D eigenvalue weighted by Gasteiger charge is 2.14. The van der Waals surface area contributed by atoms with Crippen molar-refractivity contribution in [3.8, 4) is 0 Å². The summed E-state index contributed by atoms with van der Waals surface area (Å²) in [6, 6.07) is 9.14. The van der Waals surface area contributed by atoms with Crippen LogP contribution in [0.3, 0.4) is 0 Å². The van der Waals surface area contributed by atoms with Crippen molar-refractivity contribution in [2.75, 3.05) is 5.32 Å². The zero-order valence-electron chi connectivity index (χ0n) is 11.9. The lowest BCUT2D eigenvalue weighted by atomic mass is 10.1. The van der Waals surface area contributed by atoms with E-state index in [9.17, 15) is 4.79 Å². The summed E-state index contributed by atoms with van der Waals surface area (Å²) in [7, 11) is 0. The van der Waals surface area contributed by atoms with Crippen molar-refractivity contribution in [1.29, 1.82) is 0 Å². The molecule has 2 N–H and O–H groups in total. The van der Waals surface area contributed by atoms with Gasteiger partial charge in [0.1, 0.15) is 5.76 Å².